The van der Waals surface area contributed by atoms with Gasteiger partial charge in [-0.25, -0.2) is 4.98 Å². The zero-order valence-corrected chi connectivity index (χ0v) is 11.6. The summed E-state index contributed by atoms with van der Waals surface area (Å²) in [4.78, 5) is 4.40. The minimum absolute atomic E-state index is 0.340. The van der Waals surface area contributed by atoms with E-state index in [1.807, 2.05) is 24.3 Å². The minimum Gasteiger partial charge on any atom is -0.485 e. The molecule has 106 valence electrons. The maximum Gasteiger partial charge on any atom is 0.240 e. The Balaban J connectivity index is 1.71. The highest BCUT2D eigenvalue weighted by atomic mass is 35.5. The van der Waals surface area contributed by atoms with Gasteiger partial charge in [-0.2, -0.15) is 0 Å². The molecule has 1 aromatic heterocycles. The molecule has 1 unspecified atom stereocenters. The van der Waals surface area contributed by atoms with Gasteiger partial charge in [0.05, 0.1) is 10.7 Å². The second-order valence-electron chi connectivity index (χ2n) is 4.76. The number of halogens is 1. The van der Waals surface area contributed by atoms with E-state index in [2.05, 4.69) is 4.98 Å². The lowest BCUT2D eigenvalue weighted by Gasteiger charge is -2.24. The van der Waals surface area contributed by atoms with Crippen molar-refractivity contribution in [1.82, 2.24) is 4.98 Å². The maximum atomic E-state index is 5.99. The molecule has 2 heterocycles. The second-order valence-corrected chi connectivity index (χ2v) is 5.16. The van der Waals surface area contributed by atoms with Crippen molar-refractivity contribution in [1.29, 1.82) is 0 Å². The van der Waals surface area contributed by atoms with E-state index in [1.165, 1.54) is 0 Å². The van der Waals surface area contributed by atoms with Crippen LogP contribution in [-0.2, 0) is 0 Å². The Morgan fingerprint density at radius 3 is 2.86 bits per heavy atom. The summed E-state index contributed by atoms with van der Waals surface area (Å²) < 4.78 is 17.2. The fraction of sp³-hybridized carbons (Fsp3) is 0.133. The zero-order chi connectivity index (χ0) is 14.4. The molecule has 0 bridgehead atoms. The SMILES string of the molecule is Nc1cc2oc(C3COc4ccccc4O3)nc2cc1Cl. The van der Waals surface area contributed by atoms with Gasteiger partial charge >= 0.3 is 0 Å². The largest absolute Gasteiger partial charge is 0.485 e. The lowest BCUT2D eigenvalue weighted by molar-refractivity contribution is 0.0726. The van der Waals surface area contributed by atoms with Crippen LogP contribution in [0.1, 0.15) is 12.0 Å². The molecule has 21 heavy (non-hydrogen) atoms. The smallest absolute Gasteiger partial charge is 0.240 e. The third-order valence-corrected chi connectivity index (χ3v) is 3.63. The summed E-state index contributed by atoms with van der Waals surface area (Å²) in [5.74, 6) is 1.84. The normalized spacial score (nSPS) is 17.1. The zero-order valence-electron chi connectivity index (χ0n) is 10.9. The highest BCUT2D eigenvalue weighted by molar-refractivity contribution is 6.33. The van der Waals surface area contributed by atoms with Gasteiger partial charge in [0.2, 0.25) is 12.0 Å². The Bertz CT molecular complexity index is 792. The molecule has 2 aromatic carbocycles. The summed E-state index contributed by atoms with van der Waals surface area (Å²) in [5.41, 5.74) is 7.44. The van der Waals surface area contributed by atoms with Crippen LogP contribution >= 0.6 is 11.6 Å². The summed E-state index contributed by atoms with van der Waals surface area (Å²) >= 11 is 5.99. The Morgan fingerprint density at radius 1 is 1.19 bits per heavy atom. The van der Waals surface area contributed by atoms with Crippen LogP contribution in [0.15, 0.2) is 40.8 Å². The lowest BCUT2D eigenvalue weighted by Crippen LogP contribution is -2.21. The first kappa shape index (κ1) is 12.3. The molecule has 1 aliphatic rings. The van der Waals surface area contributed by atoms with Crippen molar-refractivity contribution in [3.8, 4) is 11.5 Å². The number of benzene rings is 2. The van der Waals surface area contributed by atoms with Gasteiger partial charge < -0.3 is 19.6 Å². The highest BCUT2D eigenvalue weighted by Crippen LogP contribution is 2.36. The van der Waals surface area contributed by atoms with Gasteiger partial charge in [0, 0.05) is 6.07 Å². The van der Waals surface area contributed by atoms with Gasteiger partial charge in [-0.15, -0.1) is 0 Å². The molecular weight excluding hydrogens is 292 g/mol. The number of hydrogen-bond donors (Lipinski definition) is 1. The molecule has 0 saturated carbocycles. The molecule has 2 N–H and O–H groups in total. The molecule has 0 radical (unpaired) electrons. The minimum atomic E-state index is -0.396. The van der Waals surface area contributed by atoms with Gasteiger partial charge in [-0.05, 0) is 18.2 Å². The molecule has 1 aliphatic heterocycles. The monoisotopic (exact) mass is 302 g/mol. The van der Waals surface area contributed by atoms with Crippen LogP contribution < -0.4 is 15.2 Å². The second kappa shape index (κ2) is 4.56. The van der Waals surface area contributed by atoms with E-state index in [9.17, 15) is 0 Å². The first-order valence-corrected chi connectivity index (χ1v) is 6.82. The first-order chi connectivity index (χ1) is 10.2. The molecule has 0 fully saturated rings. The maximum absolute atomic E-state index is 5.99. The summed E-state index contributed by atoms with van der Waals surface area (Å²) in [6, 6.07) is 10.8. The van der Waals surface area contributed by atoms with E-state index < -0.39 is 6.10 Å². The van der Waals surface area contributed by atoms with Gasteiger partial charge in [0.25, 0.3) is 0 Å². The Kier molecular flexibility index (Phi) is 2.68. The van der Waals surface area contributed by atoms with Gasteiger partial charge in [-0.3, -0.25) is 0 Å². The summed E-state index contributed by atoms with van der Waals surface area (Å²) in [5, 5.41) is 0.452. The Labute approximate surface area is 125 Å². The number of rotatable bonds is 1. The fourth-order valence-electron chi connectivity index (χ4n) is 2.26. The van der Waals surface area contributed by atoms with Gasteiger partial charge in [-0.1, -0.05) is 23.7 Å². The number of para-hydroxylation sites is 2. The number of oxazole rings is 1. The molecule has 4 rings (SSSR count). The average Bonchev–Trinajstić information content (AvgIpc) is 2.90. The number of hydrogen-bond acceptors (Lipinski definition) is 5. The molecule has 6 heteroatoms. The molecule has 1 atom stereocenters. The third-order valence-electron chi connectivity index (χ3n) is 3.31. The van der Waals surface area contributed by atoms with Crippen molar-refractivity contribution in [2.45, 2.75) is 6.10 Å². The van der Waals surface area contributed by atoms with Gasteiger partial charge in [0.15, 0.2) is 17.1 Å². The quantitative estimate of drug-likeness (QED) is 0.696. The molecule has 5 nitrogen and oxygen atoms in total. The van der Waals surface area contributed by atoms with Crippen LogP contribution in [0.25, 0.3) is 11.1 Å². The van der Waals surface area contributed by atoms with E-state index >= 15 is 0 Å². The van der Waals surface area contributed by atoms with Crippen LogP contribution in [0.5, 0.6) is 11.5 Å². The number of aromatic nitrogens is 1. The number of anilines is 1. The number of nitrogen functional groups attached to an aromatic ring is 1. The number of nitrogens with two attached hydrogens (primary N) is 1. The van der Waals surface area contributed by atoms with Crippen molar-refractivity contribution < 1.29 is 13.9 Å². The van der Waals surface area contributed by atoms with E-state index in [4.69, 9.17) is 31.2 Å². The molecule has 0 amide bonds. The van der Waals surface area contributed by atoms with Crippen molar-refractivity contribution in [3.05, 3.63) is 47.3 Å². The summed E-state index contributed by atoms with van der Waals surface area (Å²) in [6.45, 7) is 0.340. The standard InChI is InChI=1S/C15H11ClN2O3/c16-8-5-10-13(6-9(8)17)21-15(18-10)14-7-19-11-3-1-2-4-12(11)20-14/h1-6,14H,7,17H2. The van der Waals surface area contributed by atoms with Crippen LogP contribution in [0.2, 0.25) is 5.02 Å². The Morgan fingerprint density at radius 2 is 2.00 bits per heavy atom. The topological polar surface area (TPSA) is 70.5 Å². The van der Waals surface area contributed by atoms with E-state index in [0.717, 1.165) is 5.75 Å². The van der Waals surface area contributed by atoms with Crippen molar-refractivity contribution in [3.63, 3.8) is 0 Å². The molecular formula is C15H11ClN2O3. The third kappa shape index (κ3) is 2.06. The predicted octanol–water partition coefficient (Wildman–Crippen LogP) is 3.58. The number of ether oxygens (including phenoxy) is 2. The Hall–Kier alpha value is -2.40. The molecule has 3 aromatic rings. The molecule has 0 spiro atoms. The predicted molar refractivity (Wildman–Crippen MR) is 78.7 cm³/mol. The van der Waals surface area contributed by atoms with Crippen LogP contribution in [0, 0.1) is 0 Å². The lowest BCUT2D eigenvalue weighted by atomic mass is 10.2. The highest BCUT2D eigenvalue weighted by Gasteiger charge is 2.27. The van der Waals surface area contributed by atoms with Crippen molar-refractivity contribution in [2.24, 2.45) is 0 Å². The first-order valence-electron chi connectivity index (χ1n) is 6.44. The van der Waals surface area contributed by atoms with Crippen LogP contribution in [0.3, 0.4) is 0 Å². The molecule has 0 saturated heterocycles. The average molecular weight is 303 g/mol. The van der Waals surface area contributed by atoms with Crippen LogP contribution in [-0.4, -0.2) is 11.6 Å². The van der Waals surface area contributed by atoms with Crippen molar-refractivity contribution in [2.75, 3.05) is 12.3 Å². The van der Waals surface area contributed by atoms with E-state index in [0.29, 0.717) is 40.1 Å². The fourth-order valence-corrected chi connectivity index (χ4v) is 2.42. The summed E-state index contributed by atoms with van der Waals surface area (Å²) in [6.07, 6.45) is -0.396. The van der Waals surface area contributed by atoms with E-state index in [-0.39, 0.29) is 0 Å². The van der Waals surface area contributed by atoms with Gasteiger partial charge in [0.1, 0.15) is 12.1 Å². The van der Waals surface area contributed by atoms with Crippen LogP contribution in [0.4, 0.5) is 5.69 Å². The molecule has 0 aliphatic carbocycles. The van der Waals surface area contributed by atoms with E-state index in [1.54, 1.807) is 12.1 Å². The number of fused-ring (bicyclic) bond motifs is 2. The number of nitrogens with zero attached hydrogens (tertiary/aromatic N) is 1. The van der Waals surface area contributed by atoms with Crippen molar-refractivity contribution >= 4 is 28.4 Å². The summed E-state index contributed by atoms with van der Waals surface area (Å²) in [7, 11) is 0.